The van der Waals surface area contributed by atoms with Gasteiger partial charge >= 0.3 is 0 Å². The van der Waals surface area contributed by atoms with Crippen molar-refractivity contribution in [3.63, 3.8) is 0 Å². The highest BCUT2D eigenvalue weighted by atomic mass is 19.1. The highest BCUT2D eigenvalue weighted by Gasteiger charge is 2.25. The Balaban J connectivity index is 1.26. The van der Waals surface area contributed by atoms with Crippen LogP contribution in [0.25, 0.3) is 11.3 Å². The molecule has 9 heteroatoms. The Kier molecular flexibility index (Phi) is 6.71. The smallest absolute Gasteiger partial charge is 0.220 e. The van der Waals surface area contributed by atoms with Crippen molar-refractivity contribution in [2.45, 2.75) is 51.1 Å². The third-order valence-electron chi connectivity index (χ3n) is 7.13. The molecule has 2 fully saturated rings. The minimum absolute atomic E-state index is 0.348. The van der Waals surface area contributed by atoms with E-state index in [9.17, 15) is 0 Å². The van der Waals surface area contributed by atoms with Gasteiger partial charge in [0.15, 0.2) is 0 Å². The molecule has 1 saturated heterocycles. The third-order valence-corrected chi connectivity index (χ3v) is 7.13. The quantitative estimate of drug-likeness (QED) is 0.506. The number of nitrogens with one attached hydrogen (secondary N) is 1. The first kappa shape index (κ1) is 22.7. The van der Waals surface area contributed by atoms with E-state index in [-0.39, 0.29) is 6.04 Å². The predicted molar refractivity (Wildman–Crippen MR) is 128 cm³/mol. The first-order valence-corrected chi connectivity index (χ1v) is 12.2. The van der Waals surface area contributed by atoms with Gasteiger partial charge in [-0.1, -0.05) is 11.6 Å². The van der Waals surface area contributed by atoms with Gasteiger partial charge in [0.25, 0.3) is 0 Å². The minimum Gasteiger partial charge on any atom is -0.495 e. The van der Waals surface area contributed by atoms with Gasteiger partial charge in [-0.15, -0.1) is 5.10 Å². The highest BCUT2D eigenvalue weighted by Crippen LogP contribution is 2.28. The predicted octanol–water partition coefficient (Wildman–Crippen LogP) is 3.85. The Morgan fingerprint density at radius 3 is 2.85 bits per heavy atom. The summed E-state index contributed by atoms with van der Waals surface area (Å²) >= 11 is 0. The average Bonchev–Trinajstić information content (AvgIpc) is 3.33. The number of hydrogen-bond acceptors (Lipinski definition) is 7. The van der Waals surface area contributed by atoms with Crippen molar-refractivity contribution in [3.05, 3.63) is 48.3 Å². The Morgan fingerprint density at radius 1 is 1.21 bits per heavy atom. The SMILES string of the molecule is COc1cncc(-c2cn(C(C)c3ccc(N4CCC[C@@H](NCC5CCC5)C4)nc3F)nn2)c1. The van der Waals surface area contributed by atoms with E-state index in [1.54, 1.807) is 30.4 Å². The summed E-state index contributed by atoms with van der Waals surface area (Å²) in [5, 5.41) is 12.2. The molecule has 0 aromatic carbocycles. The van der Waals surface area contributed by atoms with Crippen LogP contribution in [0.15, 0.2) is 36.8 Å². The van der Waals surface area contributed by atoms with Crippen molar-refractivity contribution >= 4 is 5.82 Å². The van der Waals surface area contributed by atoms with E-state index >= 15 is 4.39 Å². The number of ether oxygens (including phenoxy) is 1. The Bertz CT molecular complexity index is 1120. The van der Waals surface area contributed by atoms with Crippen molar-refractivity contribution in [3.8, 4) is 17.0 Å². The van der Waals surface area contributed by atoms with Gasteiger partial charge in [-0.2, -0.15) is 4.39 Å². The number of methoxy groups -OCH3 is 1. The van der Waals surface area contributed by atoms with Crippen molar-refractivity contribution in [2.24, 2.45) is 5.92 Å². The van der Waals surface area contributed by atoms with E-state index in [1.165, 1.54) is 19.3 Å². The average molecular weight is 466 g/mol. The number of anilines is 1. The molecule has 1 aliphatic carbocycles. The van der Waals surface area contributed by atoms with E-state index in [0.717, 1.165) is 44.0 Å². The van der Waals surface area contributed by atoms with Gasteiger partial charge in [0.2, 0.25) is 5.95 Å². The molecule has 0 bridgehead atoms. The maximum atomic E-state index is 15.1. The molecule has 3 aromatic heterocycles. The molecule has 180 valence electrons. The summed E-state index contributed by atoms with van der Waals surface area (Å²) in [6, 6.07) is 5.68. The van der Waals surface area contributed by atoms with E-state index in [2.05, 4.69) is 30.5 Å². The molecular formula is C25H32FN7O. The van der Waals surface area contributed by atoms with Crippen LogP contribution in [0.3, 0.4) is 0 Å². The van der Waals surface area contributed by atoms with Gasteiger partial charge in [0.05, 0.1) is 25.5 Å². The Hall–Kier alpha value is -3.07. The van der Waals surface area contributed by atoms with Crippen LogP contribution in [0.2, 0.25) is 0 Å². The molecule has 1 saturated carbocycles. The molecule has 8 nitrogen and oxygen atoms in total. The lowest BCUT2D eigenvalue weighted by Crippen LogP contribution is -2.47. The van der Waals surface area contributed by atoms with Crippen LogP contribution in [-0.2, 0) is 0 Å². The summed E-state index contributed by atoms with van der Waals surface area (Å²) in [6.07, 6.45) is 11.4. The van der Waals surface area contributed by atoms with E-state index < -0.39 is 5.95 Å². The van der Waals surface area contributed by atoms with Crippen LogP contribution in [0.1, 0.15) is 50.6 Å². The zero-order chi connectivity index (χ0) is 23.5. The van der Waals surface area contributed by atoms with Crippen molar-refractivity contribution in [1.29, 1.82) is 0 Å². The molecule has 2 aliphatic rings. The molecular weight excluding hydrogens is 433 g/mol. The maximum Gasteiger partial charge on any atom is 0.220 e. The summed E-state index contributed by atoms with van der Waals surface area (Å²) in [4.78, 5) is 10.7. The topological polar surface area (TPSA) is 81.0 Å². The second-order valence-corrected chi connectivity index (χ2v) is 9.41. The largest absolute Gasteiger partial charge is 0.495 e. The van der Waals surface area contributed by atoms with Crippen LogP contribution < -0.4 is 15.0 Å². The summed E-state index contributed by atoms with van der Waals surface area (Å²) in [5.41, 5.74) is 1.93. The zero-order valence-electron chi connectivity index (χ0n) is 19.8. The highest BCUT2D eigenvalue weighted by molar-refractivity contribution is 5.58. The molecule has 1 aliphatic heterocycles. The normalized spacial score (nSPS) is 19.6. The maximum absolute atomic E-state index is 15.1. The second-order valence-electron chi connectivity index (χ2n) is 9.41. The van der Waals surface area contributed by atoms with Crippen LogP contribution >= 0.6 is 0 Å². The zero-order valence-corrected chi connectivity index (χ0v) is 19.8. The molecule has 0 spiro atoms. The van der Waals surface area contributed by atoms with Gasteiger partial charge in [0, 0.05) is 36.5 Å². The molecule has 2 atom stereocenters. The summed E-state index contributed by atoms with van der Waals surface area (Å²) in [5.74, 6) is 1.72. The van der Waals surface area contributed by atoms with Crippen LogP contribution in [-0.4, -0.2) is 57.7 Å². The second kappa shape index (κ2) is 10.0. The molecule has 1 N–H and O–H groups in total. The molecule has 34 heavy (non-hydrogen) atoms. The van der Waals surface area contributed by atoms with Crippen molar-refractivity contribution in [1.82, 2.24) is 30.3 Å². The van der Waals surface area contributed by atoms with E-state index in [1.807, 2.05) is 25.1 Å². The van der Waals surface area contributed by atoms with E-state index in [0.29, 0.717) is 28.9 Å². The number of pyridine rings is 2. The number of hydrogen-bond donors (Lipinski definition) is 1. The van der Waals surface area contributed by atoms with Crippen LogP contribution in [0.5, 0.6) is 5.75 Å². The van der Waals surface area contributed by atoms with Crippen molar-refractivity contribution in [2.75, 3.05) is 31.6 Å². The monoisotopic (exact) mass is 465 g/mol. The van der Waals surface area contributed by atoms with Crippen LogP contribution in [0, 0.1) is 11.9 Å². The fourth-order valence-corrected chi connectivity index (χ4v) is 4.72. The van der Waals surface area contributed by atoms with Crippen molar-refractivity contribution < 1.29 is 9.13 Å². The molecule has 5 rings (SSSR count). The third kappa shape index (κ3) is 4.89. The lowest BCUT2D eigenvalue weighted by atomic mass is 9.85. The summed E-state index contributed by atoms with van der Waals surface area (Å²) in [6.45, 7) is 4.77. The molecule has 3 aromatic rings. The molecule has 1 unspecified atom stereocenters. The lowest BCUT2D eigenvalue weighted by Gasteiger charge is -2.36. The van der Waals surface area contributed by atoms with Crippen LogP contribution in [0.4, 0.5) is 10.2 Å². The number of rotatable bonds is 8. The van der Waals surface area contributed by atoms with Gasteiger partial charge in [-0.05, 0) is 63.3 Å². The standard InChI is InChI=1S/C25H32FN7O/c1-17(33-16-23(30-31-33)19-11-21(34-2)14-27-13-19)22-8-9-24(29-25(22)26)32-10-4-7-20(15-32)28-12-18-5-3-6-18/h8-9,11,13-14,16-18,20,28H,3-7,10,12,15H2,1-2H3/t17?,20-/m1/s1. The van der Waals surface area contributed by atoms with E-state index in [4.69, 9.17) is 4.74 Å². The number of nitrogens with zero attached hydrogens (tertiary/aromatic N) is 6. The van der Waals surface area contributed by atoms with Gasteiger partial charge in [-0.25, -0.2) is 9.67 Å². The fraction of sp³-hybridized carbons (Fsp3) is 0.520. The first-order chi connectivity index (χ1) is 16.6. The first-order valence-electron chi connectivity index (χ1n) is 12.2. The lowest BCUT2D eigenvalue weighted by molar-refractivity contribution is 0.280. The Labute approximate surface area is 199 Å². The molecule has 0 amide bonds. The number of piperidine rings is 1. The molecule has 4 heterocycles. The Morgan fingerprint density at radius 2 is 2.09 bits per heavy atom. The van der Waals surface area contributed by atoms with Gasteiger partial charge < -0.3 is 15.0 Å². The fourth-order valence-electron chi connectivity index (χ4n) is 4.72. The molecule has 0 radical (unpaired) electrons. The summed E-state index contributed by atoms with van der Waals surface area (Å²) in [7, 11) is 1.59. The number of halogens is 1. The minimum atomic E-state index is -0.463. The van der Waals surface area contributed by atoms with Gasteiger partial charge in [-0.3, -0.25) is 4.98 Å². The summed E-state index contributed by atoms with van der Waals surface area (Å²) < 4.78 is 22.0. The number of aromatic nitrogens is 5. The van der Waals surface area contributed by atoms with Gasteiger partial charge in [0.1, 0.15) is 17.3 Å².